The van der Waals surface area contributed by atoms with Crippen LogP contribution >= 0.6 is 0 Å². The Morgan fingerprint density at radius 2 is 1.60 bits per heavy atom. The predicted octanol–water partition coefficient (Wildman–Crippen LogP) is 3.74. The van der Waals surface area contributed by atoms with Crippen LogP contribution in [0.5, 0.6) is 17.4 Å². The van der Waals surface area contributed by atoms with E-state index in [1.165, 1.54) is 0 Å². The molecule has 0 aliphatic rings. The van der Waals surface area contributed by atoms with Crippen molar-refractivity contribution in [3.05, 3.63) is 53.7 Å². The summed E-state index contributed by atoms with van der Waals surface area (Å²) in [6.45, 7) is 3.65. The number of para-hydroxylation sites is 2. The maximum absolute atomic E-state index is 9.70. The van der Waals surface area contributed by atoms with Gasteiger partial charge in [0.1, 0.15) is 17.2 Å². The number of hydrogen-bond donors (Lipinski definition) is 1. The van der Waals surface area contributed by atoms with Crippen LogP contribution < -0.4 is 4.74 Å². The molecule has 2 aromatic carbocycles. The van der Waals surface area contributed by atoms with E-state index >= 15 is 0 Å². The van der Waals surface area contributed by atoms with Gasteiger partial charge in [-0.05, 0) is 38.1 Å². The Labute approximate surface area is 116 Å². The summed E-state index contributed by atoms with van der Waals surface area (Å²) in [5.41, 5.74) is 3.02. The van der Waals surface area contributed by atoms with E-state index in [1.54, 1.807) is 25.1 Å². The molecule has 4 nitrogen and oxygen atoms in total. The number of benzene rings is 2. The van der Waals surface area contributed by atoms with Gasteiger partial charge in [-0.3, -0.25) is 0 Å². The van der Waals surface area contributed by atoms with Crippen LogP contribution in [-0.2, 0) is 0 Å². The molecule has 3 aromatic rings. The molecule has 0 aliphatic heterocycles. The summed E-state index contributed by atoms with van der Waals surface area (Å²) in [4.78, 5) is 8.95. The quantitative estimate of drug-likeness (QED) is 0.767. The van der Waals surface area contributed by atoms with Crippen LogP contribution in [0, 0.1) is 13.8 Å². The minimum Gasteiger partial charge on any atom is -0.508 e. The normalized spacial score (nSPS) is 10.7. The van der Waals surface area contributed by atoms with Crippen molar-refractivity contribution in [2.75, 3.05) is 0 Å². The van der Waals surface area contributed by atoms with Crippen molar-refractivity contribution in [1.29, 1.82) is 0 Å². The summed E-state index contributed by atoms with van der Waals surface area (Å²) in [5.74, 6) is 1.24. The lowest BCUT2D eigenvalue weighted by molar-refractivity contribution is 0.436. The fourth-order valence-electron chi connectivity index (χ4n) is 1.99. The SMILES string of the molecule is Cc1nc2ccccc2nc1Oc1cccc(O)c1C. The number of phenolic OH excluding ortho intramolecular Hbond substituents is 1. The molecule has 0 saturated heterocycles. The third-order valence-electron chi connectivity index (χ3n) is 3.16. The summed E-state index contributed by atoms with van der Waals surface area (Å²) in [6.07, 6.45) is 0. The summed E-state index contributed by atoms with van der Waals surface area (Å²) < 4.78 is 5.80. The van der Waals surface area contributed by atoms with Crippen molar-refractivity contribution in [2.45, 2.75) is 13.8 Å². The first-order valence-electron chi connectivity index (χ1n) is 6.35. The van der Waals surface area contributed by atoms with Gasteiger partial charge in [0, 0.05) is 5.56 Å². The maximum atomic E-state index is 9.70. The molecule has 20 heavy (non-hydrogen) atoms. The van der Waals surface area contributed by atoms with E-state index in [9.17, 15) is 5.11 Å². The van der Waals surface area contributed by atoms with E-state index in [0.717, 1.165) is 11.0 Å². The molecular formula is C16H14N2O2. The van der Waals surface area contributed by atoms with Crippen LogP contribution in [0.2, 0.25) is 0 Å². The largest absolute Gasteiger partial charge is 0.508 e. The molecule has 0 radical (unpaired) electrons. The number of fused-ring (bicyclic) bond motifs is 1. The van der Waals surface area contributed by atoms with Crippen molar-refractivity contribution in [1.82, 2.24) is 9.97 Å². The highest BCUT2D eigenvalue weighted by Crippen LogP contribution is 2.31. The number of aryl methyl sites for hydroxylation is 1. The van der Waals surface area contributed by atoms with Crippen molar-refractivity contribution in [3.63, 3.8) is 0 Å². The van der Waals surface area contributed by atoms with Crippen LogP contribution in [0.3, 0.4) is 0 Å². The number of rotatable bonds is 2. The fourth-order valence-corrected chi connectivity index (χ4v) is 1.99. The Morgan fingerprint density at radius 3 is 2.35 bits per heavy atom. The zero-order valence-electron chi connectivity index (χ0n) is 11.3. The van der Waals surface area contributed by atoms with E-state index in [4.69, 9.17) is 4.74 Å². The van der Waals surface area contributed by atoms with Crippen LogP contribution in [-0.4, -0.2) is 15.1 Å². The first-order valence-corrected chi connectivity index (χ1v) is 6.35. The molecule has 0 atom stereocenters. The smallest absolute Gasteiger partial charge is 0.241 e. The molecular weight excluding hydrogens is 252 g/mol. The second-order valence-corrected chi connectivity index (χ2v) is 4.61. The van der Waals surface area contributed by atoms with Crippen LogP contribution in [0.4, 0.5) is 0 Å². The third kappa shape index (κ3) is 2.16. The van der Waals surface area contributed by atoms with Gasteiger partial charge in [0.05, 0.1) is 11.0 Å². The monoisotopic (exact) mass is 266 g/mol. The molecule has 0 fully saturated rings. The average Bonchev–Trinajstić information content (AvgIpc) is 2.44. The van der Waals surface area contributed by atoms with Crippen LogP contribution in [0.25, 0.3) is 11.0 Å². The molecule has 0 aliphatic carbocycles. The first kappa shape index (κ1) is 12.4. The highest BCUT2D eigenvalue weighted by atomic mass is 16.5. The number of aromatic nitrogens is 2. The number of aromatic hydroxyl groups is 1. The van der Waals surface area contributed by atoms with Gasteiger partial charge in [-0.1, -0.05) is 18.2 Å². The van der Waals surface area contributed by atoms with Crippen molar-refractivity contribution in [2.24, 2.45) is 0 Å². The Bertz CT molecular complexity index is 785. The second kappa shape index (κ2) is 4.81. The molecule has 0 spiro atoms. The van der Waals surface area contributed by atoms with Gasteiger partial charge >= 0.3 is 0 Å². The van der Waals surface area contributed by atoms with E-state index < -0.39 is 0 Å². The predicted molar refractivity (Wildman–Crippen MR) is 77.2 cm³/mol. The molecule has 1 aromatic heterocycles. The highest BCUT2D eigenvalue weighted by Gasteiger charge is 2.10. The number of ether oxygens (including phenoxy) is 1. The molecule has 0 unspecified atom stereocenters. The van der Waals surface area contributed by atoms with Crippen molar-refractivity contribution in [3.8, 4) is 17.4 Å². The Morgan fingerprint density at radius 1 is 0.900 bits per heavy atom. The Hall–Kier alpha value is -2.62. The van der Waals surface area contributed by atoms with Crippen LogP contribution in [0.15, 0.2) is 42.5 Å². The van der Waals surface area contributed by atoms with Crippen molar-refractivity contribution >= 4 is 11.0 Å². The molecule has 0 bridgehead atoms. The first-order chi connectivity index (χ1) is 9.65. The number of hydrogen-bond acceptors (Lipinski definition) is 4. The van der Waals surface area contributed by atoms with Gasteiger partial charge in [-0.2, -0.15) is 0 Å². The summed E-state index contributed by atoms with van der Waals surface area (Å²) in [5, 5.41) is 9.70. The van der Waals surface area contributed by atoms with E-state index in [1.807, 2.05) is 31.2 Å². The minimum atomic E-state index is 0.203. The molecule has 0 amide bonds. The van der Waals surface area contributed by atoms with E-state index in [0.29, 0.717) is 22.9 Å². The van der Waals surface area contributed by atoms with Gasteiger partial charge in [-0.15, -0.1) is 0 Å². The topological polar surface area (TPSA) is 55.2 Å². The molecule has 4 heteroatoms. The minimum absolute atomic E-state index is 0.203. The molecule has 1 heterocycles. The Balaban J connectivity index is 2.06. The lowest BCUT2D eigenvalue weighted by Gasteiger charge is -2.11. The Kier molecular flexibility index (Phi) is 2.99. The lowest BCUT2D eigenvalue weighted by Crippen LogP contribution is -1.96. The number of nitrogens with zero attached hydrogens (tertiary/aromatic N) is 2. The van der Waals surface area contributed by atoms with E-state index in [-0.39, 0.29) is 5.75 Å². The number of phenols is 1. The van der Waals surface area contributed by atoms with Crippen molar-refractivity contribution < 1.29 is 9.84 Å². The molecule has 1 N–H and O–H groups in total. The van der Waals surface area contributed by atoms with Gasteiger partial charge in [0.25, 0.3) is 0 Å². The molecule has 3 rings (SSSR count). The van der Waals surface area contributed by atoms with Gasteiger partial charge in [0.2, 0.25) is 5.88 Å². The lowest BCUT2D eigenvalue weighted by atomic mass is 10.2. The second-order valence-electron chi connectivity index (χ2n) is 4.61. The van der Waals surface area contributed by atoms with Crippen LogP contribution in [0.1, 0.15) is 11.3 Å². The van der Waals surface area contributed by atoms with Gasteiger partial charge in [0.15, 0.2) is 0 Å². The molecule has 0 saturated carbocycles. The highest BCUT2D eigenvalue weighted by molar-refractivity contribution is 5.74. The maximum Gasteiger partial charge on any atom is 0.241 e. The summed E-state index contributed by atoms with van der Waals surface area (Å²) in [6, 6.07) is 12.8. The average molecular weight is 266 g/mol. The summed E-state index contributed by atoms with van der Waals surface area (Å²) >= 11 is 0. The van der Waals surface area contributed by atoms with E-state index in [2.05, 4.69) is 9.97 Å². The zero-order chi connectivity index (χ0) is 14.1. The molecule has 100 valence electrons. The zero-order valence-corrected chi connectivity index (χ0v) is 11.3. The standard InChI is InChI=1S/C16H14N2O2/c1-10-14(19)8-5-9-15(10)20-16-11(2)17-12-6-3-4-7-13(12)18-16/h3-9,19H,1-2H3. The fraction of sp³-hybridized carbons (Fsp3) is 0.125. The summed E-state index contributed by atoms with van der Waals surface area (Å²) in [7, 11) is 0. The van der Waals surface area contributed by atoms with Gasteiger partial charge in [-0.25, -0.2) is 9.97 Å². The third-order valence-corrected chi connectivity index (χ3v) is 3.16. The van der Waals surface area contributed by atoms with Gasteiger partial charge < -0.3 is 9.84 Å².